The van der Waals surface area contributed by atoms with Gasteiger partial charge in [-0.3, -0.25) is 14.4 Å². The second-order valence-corrected chi connectivity index (χ2v) is 10.9. The van der Waals surface area contributed by atoms with Crippen LogP contribution in [-0.4, -0.2) is 74.9 Å². The summed E-state index contributed by atoms with van der Waals surface area (Å²) in [4.78, 5) is 22.6. The average molecular weight is 590 g/mol. The highest BCUT2D eigenvalue weighted by molar-refractivity contribution is 7.92. The fraction of sp³-hybridized carbons (Fsp3) is 0.259. The molecule has 0 radical (unpaired) electrons. The maximum atomic E-state index is 13.3. The van der Waals surface area contributed by atoms with Crippen molar-refractivity contribution in [2.24, 2.45) is 0 Å². The van der Waals surface area contributed by atoms with Crippen molar-refractivity contribution in [3.05, 3.63) is 72.6 Å². The molecule has 41 heavy (non-hydrogen) atoms. The van der Waals surface area contributed by atoms with Crippen molar-refractivity contribution in [1.29, 1.82) is 0 Å². The number of carbonyl (C=O) groups is 1. The number of aromatic nitrogens is 2. The van der Waals surface area contributed by atoms with E-state index in [1.165, 1.54) is 6.20 Å². The van der Waals surface area contributed by atoms with Gasteiger partial charge in [0.25, 0.3) is 15.9 Å². The summed E-state index contributed by atoms with van der Waals surface area (Å²) in [5.41, 5.74) is 2.02. The van der Waals surface area contributed by atoms with E-state index in [4.69, 9.17) is 4.74 Å². The molecule has 10 nitrogen and oxygen atoms in total. The predicted octanol–water partition coefficient (Wildman–Crippen LogP) is 3.99. The van der Waals surface area contributed by atoms with Gasteiger partial charge >= 0.3 is 6.36 Å². The van der Waals surface area contributed by atoms with E-state index in [0.717, 1.165) is 42.9 Å². The highest BCUT2D eigenvalue weighted by Gasteiger charge is 2.31. The van der Waals surface area contributed by atoms with Gasteiger partial charge in [-0.2, -0.15) is 0 Å². The minimum atomic E-state index is -4.90. The summed E-state index contributed by atoms with van der Waals surface area (Å²) in [6.07, 6.45) is -3.61. The van der Waals surface area contributed by atoms with E-state index in [0.29, 0.717) is 42.9 Å². The molecule has 0 aliphatic carbocycles. The van der Waals surface area contributed by atoms with Gasteiger partial charge in [0, 0.05) is 37.1 Å². The van der Waals surface area contributed by atoms with Crippen LogP contribution in [0.3, 0.4) is 0 Å². The molecule has 2 aromatic carbocycles. The van der Waals surface area contributed by atoms with Crippen LogP contribution in [-0.2, 0) is 14.8 Å². The molecule has 0 atom stereocenters. The second kappa shape index (κ2) is 11.8. The van der Waals surface area contributed by atoms with Crippen LogP contribution in [0, 0.1) is 0 Å². The number of sulfonamides is 1. The van der Waals surface area contributed by atoms with Gasteiger partial charge in [0.15, 0.2) is 0 Å². The number of pyridine rings is 1. The van der Waals surface area contributed by atoms with Crippen molar-refractivity contribution in [3.8, 4) is 16.9 Å². The molecule has 1 fully saturated rings. The van der Waals surface area contributed by atoms with E-state index < -0.39 is 22.1 Å². The number of H-pyrrole nitrogens is 1. The Morgan fingerprint density at radius 3 is 2.46 bits per heavy atom. The Labute approximate surface area is 233 Å². The lowest BCUT2D eigenvalue weighted by Crippen LogP contribution is -2.41. The summed E-state index contributed by atoms with van der Waals surface area (Å²) < 4.78 is 74.8. The molecule has 0 spiro atoms. The Kier molecular flexibility index (Phi) is 8.15. The summed E-state index contributed by atoms with van der Waals surface area (Å²) >= 11 is 0. The second-order valence-electron chi connectivity index (χ2n) is 9.20. The lowest BCUT2D eigenvalue weighted by atomic mass is 10.0. The summed E-state index contributed by atoms with van der Waals surface area (Å²) in [6, 6.07) is 14.5. The van der Waals surface area contributed by atoms with Crippen LogP contribution in [0.2, 0.25) is 0 Å². The van der Waals surface area contributed by atoms with Gasteiger partial charge in [-0.25, -0.2) is 13.4 Å². The molecule has 0 bridgehead atoms. The third-order valence-corrected chi connectivity index (χ3v) is 7.77. The van der Waals surface area contributed by atoms with Crippen molar-refractivity contribution in [3.63, 3.8) is 0 Å². The smallest absolute Gasteiger partial charge is 0.406 e. The van der Waals surface area contributed by atoms with Crippen LogP contribution < -0.4 is 14.8 Å². The van der Waals surface area contributed by atoms with E-state index in [9.17, 15) is 26.4 Å². The van der Waals surface area contributed by atoms with Gasteiger partial charge in [0.1, 0.15) is 17.1 Å². The number of halogens is 3. The maximum absolute atomic E-state index is 13.3. The minimum absolute atomic E-state index is 0.101. The van der Waals surface area contributed by atoms with Gasteiger partial charge in [-0.1, -0.05) is 30.3 Å². The van der Waals surface area contributed by atoms with Gasteiger partial charge in [-0.05, 0) is 35.9 Å². The largest absolute Gasteiger partial charge is 0.573 e. The Morgan fingerprint density at radius 2 is 1.78 bits per heavy atom. The number of morpholine rings is 1. The van der Waals surface area contributed by atoms with E-state index in [-0.39, 0.29) is 22.2 Å². The first-order valence-electron chi connectivity index (χ1n) is 12.6. The molecular weight excluding hydrogens is 563 g/mol. The molecule has 5 rings (SSSR count). The van der Waals surface area contributed by atoms with Gasteiger partial charge < -0.3 is 19.8 Å². The molecular formula is C27H26F3N5O5S. The van der Waals surface area contributed by atoms with Crippen LogP contribution in [0.1, 0.15) is 10.5 Å². The number of nitrogens with zero attached hydrogens (tertiary/aromatic N) is 2. The lowest BCUT2D eigenvalue weighted by Gasteiger charge is -2.26. The van der Waals surface area contributed by atoms with E-state index in [2.05, 4.69) is 29.6 Å². The van der Waals surface area contributed by atoms with Crippen molar-refractivity contribution in [2.75, 3.05) is 44.1 Å². The zero-order chi connectivity index (χ0) is 29.0. The quantitative estimate of drug-likeness (QED) is 0.270. The molecule has 1 aliphatic heterocycles. The Hall–Kier alpha value is -4.14. The highest BCUT2D eigenvalue weighted by atomic mass is 32.2. The molecule has 4 aromatic rings. The molecule has 2 aromatic heterocycles. The number of aromatic amines is 1. The monoisotopic (exact) mass is 589 g/mol. The Bertz CT molecular complexity index is 1620. The van der Waals surface area contributed by atoms with Crippen LogP contribution in [0.25, 0.3) is 22.2 Å². The van der Waals surface area contributed by atoms with Gasteiger partial charge in [-0.15, -0.1) is 13.2 Å². The standard InChI is InChI=1S/C27H26F3N5O5S/c28-27(29,30)40-20-6-8-21(9-7-20)41(37,38)34-19-16-22-23(18-4-2-1-3-5-18)24(33-25(22)32-17-19)26(36)31-10-11-35-12-14-39-15-13-35/h1-9,16-17,34H,10-15H2,(H,31,36)(H,32,33). The fourth-order valence-electron chi connectivity index (χ4n) is 4.48. The summed E-state index contributed by atoms with van der Waals surface area (Å²) in [7, 11) is -4.18. The number of alkyl halides is 3. The average Bonchev–Trinajstić information content (AvgIpc) is 3.32. The third-order valence-electron chi connectivity index (χ3n) is 6.38. The minimum Gasteiger partial charge on any atom is -0.406 e. The molecule has 3 heterocycles. The highest BCUT2D eigenvalue weighted by Crippen LogP contribution is 2.34. The van der Waals surface area contributed by atoms with Gasteiger partial charge in [0.05, 0.1) is 30.0 Å². The van der Waals surface area contributed by atoms with Crippen LogP contribution >= 0.6 is 0 Å². The summed E-state index contributed by atoms with van der Waals surface area (Å²) in [6.45, 7) is 4.00. The van der Waals surface area contributed by atoms with E-state index in [1.54, 1.807) is 6.07 Å². The number of nitrogens with one attached hydrogen (secondary N) is 3. The van der Waals surface area contributed by atoms with Crippen molar-refractivity contribution in [1.82, 2.24) is 20.2 Å². The summed E-state index contributed by atoms with van der Waals surface area (Å²) in [5.74, 6) is -0.881. The van der Waals surface area contributed by atoms with Crippen LogP contribution in [0.15, 0.2) is 71.8 Å². The van der Waals surface area contributed by atoms with E-state index >= 15 is 0 Å². The van der Waals surface area contributed by atoms with Crippen LogP contribution in [0.5, 0.6) is 5.75 Å². The van der Waals surface area contributed by atoms with E-state index in [1.807, 2.05) is 30.3 Å². The number of ether oxygens (including phenoxy) is 2. The van der Waals surface area contributed by atoms with Crippen molar-refractivity contribution >= 4 is 32.7 Å². The Balaban J connectivity index is 1.40. The first-order valence-corrected chi connectivity index (χ1v) is 14.1. The predicted molar refractivity (Wildman–Crippen MR) is 145 cm³/mol. The van der Waals surface area contributed by atoms with Crippen molar-refractivity contribution < 1.29 is 35.9 Å². The first kappa shape index (κ1) is 28.4. The van der Waals surface area contributed by atoms with Gasteiger partial charge in [0.2, 0.25) is 0 Å². The normalized spacial score (nSPS) is 14.6. The number of hydrogen-bond acceptors (Lipinski definition) is 7. The first-order chi connectivity index (χ1) is 19.6. The molecule has 1 amide bonds. The number of amides is 1. The topological polar surface area (TPSA) is 126 Å². The fourth-order valence-corrected chi connectivity index (χ4v) is 5.51. The molecule has 1 aliphatic rings. The molecule has 14 heteroatoms. The van der Waals surface area contributed by atoms with Crippen LogP contribution in [0.4, 0.5) is 18.9 Å². The number of hydrogen-bond donors (Lipinski definition) is 3. The molecule has 1 saturated heterocycles. The molecule has 3 N–H and O–H groups in total. The SMILES string of the molecule is O=C(NCCN1CCOCC1)c1[nH]c2ncc(NS(=O)(=O)c3ccc(OC(F)(F)F)cc3)cc2c1-c1ccccc1. The Morgan fingerprint density at radius 1 is 1.07 bits per heavy atom. The summed E-state index contributed by atoms with van der Waals surface area (Å²) in [5, 5.41) is 3.44. The lowest BCUT2D eigenvalue weighted by molar-refractivity contribution is -0.274. The molecule has 216 valence electrons. The number of benzene rings is 2. The number of anilines is 1. The molecule has 0 unspecified atom stereocenters. The third kappa shape index (κ3) is 6.96. The number of carbonyl (C=O) groups excluding carboxylic acids is 1. The zero-order valence-electron chi connectivity index (χ0n) is 21.6. The number of fused-ring (bicyclic) bond motifs is 1. The maximum Gasteiger partial charge on any atom is 0.573 e. The van der Waals surface area contributed by atoms with Crippen molar-refractivity contribution in [2.45, 2.75) is 11.3 Å². The zero-order valence-corrected chi connectivity index (χ0v) is 22.4. The molecule has 0 saturated carbocycles. The number of rotatable bonds is 9.